The van der Waals surface area contributed by atoms with Crippen LogP contribution >= 0.6 is 0 Å². The Hall–Kier alpha value is -5.15. The number of benzene rings is 5. The molecule has 0 bridgehead atoms. The van der Waals surface area contributed by atoms with Crippen molar-refractivity contribution in [3.63, 3.8) is 0 Å². The lowest BCUT2D eigenvalue weighted by Crippen LogP contribution is -1.94. The molecule has 5 aromatic carbocycles. The summed E-state index contributed by atoms with van der Waals surface area (Å²) in [4.78, 5) is 8.57. The Bertz CT molecular complexity index is 2110. The molecule has 178 valence electrons. The van der Waals surface area contributed by atoms with Crippen LogP contribution in [0.5, 0.6) is 0 Å². The summed E-state index contributed by atoms with van der Waals surface area (Å²) < 4.78 is 2.37. The van der Waals surface area contributed by atoms with Crippen LogP contribution in [-0.2, 0) is 0 Å². The maximum Gasteiger partial charge on any atom is 0.0709 e. The van der Waals surface area contributed by atoms with Crippen molar-refractivity contribution in [2.75, 3.05) is 0 Å². The predicted octanol–water partition coefficient (Wildman–Crippen LogP) is 9.15. The lowest BCUT2D eigenvalue weighted by molar-refractivity contribution is 1.18. The zero-order chi connectivity index (χ0) is 25.1. The van der Waals surface area contributed by atoms with Crippen LogP contribution in [0.2, 0.25) is 0 Å². The van der Waals surface area contributed by atoms with Gasteiger partial charge in [-0.15, -0.1) is 0 Å². The SMILES string of the molecule is c1ccc(-c2cccc(-c3ccc(-n4c5ccccc5c5cc6c(cc54)[nH]c4ccccc46)cc3)n2)cc1. The summed E-state index contributed by atoms with van der Waals surface area (Å²) in [7, 11) is 0. The van der Waals surface area contributed by atoms with Crippen LogP contribution < -0.4 is 0 Å². The van der Waals surface area contributed by atoms with Gasteiger partial charge in [-0.05, 0) is 48.5 Å². The van der Waals surface area contributed by atoms with E-state index in [-0.39, 0.29) is 0 Å². The second-order valence-corrected chi connectivity index (χ2v) is 9.76. The Morgan fingerprint density at radius 1 is 0.447 bits per heavy atom. The number of hydrogen-bond donors (Lipinski definition) is 1. The Labute approximate surface area is 219 Å². The van der Waals surface area contributed by atoms with E-state index in [4.69, 9.17) is 4.98 Å². The van der Waals surface area contributed by atoms with E-state index in [1.54, 1.807) is 0 Å². The third-order valence-corrected chi connectivity index (χ3v) is 7.54. The van der Waals surface area contributed by atoms with Crippen LogP contribution in [-0.4, -0.2) is 14.5 Å². The smallest absolute Gasteiger partial charge is 0.0709 e. The summed E-state index contributed by atoms with van der Waals surface area (Å²) in [5, 5.41) is 5.04. The van der Waals surface area contributed by atoms with Crippen molar-refractivity contribution >= 4 is 43.6 Å². The molecule has 8 aromatic rings. The maximum absolute atomic E-state index is 4.95. The van der Waals surface area contributed by atoms with Gasteiger partial charge in [-0.3, -0.25) is 0 Å². The van der Waals surface area contributed by atoms with Gasteiger partial charge in [0.05, 0.1) is 22.4 Å². The topological polar surface area (TPSA) is 33.6 Å². The third-order valence-electron chi connectivity index (χ3n) is 7.54. The summed E-state index contributed by atoms with van der Waals surface area (Å²) in [5.41, 5.74) is 10.0. The number of hydrogen-bond acceptors (Lipinski definition) is 1. The van der Waals surface area contributed by atoms with Crippen molar-refractivity contribution in [3.8, 4) is 28.2 Å². The van der Waals surface area contributed by atoms with E-state index < -0.39 is 0 Å². The summed E-state index contributed by atoms with van der Waals surface area (Å²) in [6.45, 7) is 0. The Balaban J connectivity index is 1.29. The highest BCUT2D eigenvalue weighted by Crippen LogP contribution is 2.37. The first-order valence-electron chi connectivity index (χ1n) is 12.9. The van der Waals surface area contributed by atoms with Gasteiger partial charge in [-0.25, -0.2) is 4.98 Å². The normalized spacial score (nSPS) is 11.7. The molecule has 3 nitrogen and oxygen atoms in total. The van der Waals surface area contributed by atoms with Gasteiger partial charge in [-0.2, -0.15) is 0 Å². The molecule has 3 aromatic heterocycles. The minimum absolute atomic E-state index is 0.972. The number of H-pyrrole nitrogens is 1. The molecule has 1 N–H and O–H groups in total. The lowest BCUT2D eigenvalue weighted by atomic mass is 10.1. The van der Waals surface area contributed by atoms with Crippen molar-refractivity contribution in [1.82, 2.24) is 14.5 Å². The quantitative estimate of drug-likeness (QED) is 0.266. The highest BCUT2D eigenvalue weighted by atomic mass is 15.0. The fraction of sp³-hybridized carbons (Fsp3) is 0. The van der Waals surface area contributed by atoms with Crippen LogP contribution in [0.1, 0.15) is 0 Å². The average molecular weight is 486 g/mol. The van der Waals surface area contributed by atoms with E-state index in [1.165, 1.54) is 38.1 Å². The van der Waals surface area contributed by atoms with E-state index >= 15 is 0 Å². The van der Waals surface area contributed by atoms with Crippen LogP contribution in [0.15, 0.2) is 133 Å². The van der Waals surface area contributed by atoms with Crippen molar-refractivity contribution < 1.29 is 0 Å². The molecule has 0 saturated carbocycles. The van der Waals surface area contributed by atoms with Gasteiger partial charge in [-0.1, -0.05) is 84.9 Å². The fourth-order valence-corrected chi connectivity index (χ4v) is 5.74. The minimum atomic E-state index is 0.972. The molecule has 0 fully saturated rings. The van der Waals surface area contributed by atoms with Crippen molar-refractivity contribution in [1.29, 1.82) is 0 Å². The first-order valence-corrected chi connectivity index (χ1v) is 12.9. The lowest BCUT2D eigenvalue weighted by Gasteiger charge is -2.10. The number of aromatic nitrogens is 3. The number of para-hydroxylation sites is 2. The molecule has 0 radical (unpaired) electrons. The van der Waals surface area contributed by atoms with Crippen molar-refractivity contribution in [3.05, 3.63) is 133 Å². The summed E-state index contributed by atoms with van der Waals surface area (Å²) in [6.07, 6.45) is 0. The van der Waals surface area contributed by atoms with E-state index in [2.05, 4.69) is 125 Å². The number of nitrogens with one attached hydrogen (secondary N) is 1. The maximum atomic E-state index is 4.95. The minimum Gasteiger partial charge on any atom is -0.354 e. The highest BCUT2D eigenvalue weighted by molar-refractivity contribution is 6.18. The molecule has 0 spiro atoms. The number of rotatable bonds is 3. The summed E-state index contributed by atoms with van der Waals surface area (Å²) in [6, 6.07) is 47.1. The van der Waals surface area contributed by atoms with Crippen LogP contribution in [0.3, 0.4) is 0 Å². The molecule has 0 atom stereocenters. The molecule has 0 amide bonds. The average Bonchev–Trinajstić information content (AvgIpc) is 3.51. The van der Waals surface area contributed by atoms with E-state index in [0.29, 0.717) is 0 Å². The predicted molar refractivity (Wildman–Crippen MR) is 159 cm³/mol. The van der Waals surface area contributed by atoms with Gasteiger partial charge in [0, 0.05) is 49.4 Å². The number of nitrogens with zero attached hydrogens (tertiary/aromatic N) is 2. The molecular formula is C35H23N3. The van der Waals surface area contributed by atoms with Crippen LogP contribution in [0.25, 0.3) is 71.8 Å². The van der Waals surface area contributed by atoms with Crippen molar-refractivity contribution in [2.45, 2.75) is 0 Å². The second kappa shape index (κ2) is 8.19. The number of fused-ring (bicyclic) bond motifs is 6. The highest BCUT2D eigenvalue weighted by Gasteiger charge is 2.15. The molecule has 0 unspecified atom stereocenters. The molecule has 0 aliphatic carbocycles. The first kappa shape index (κ1) is 21.0. The van der Waals surface area contributed by atoms with Gasteiger partial charge in [0.2, 0.25) is 0 Å². The van der Waals surface area contributed by atoms with Gasteiger partial charge >= 0.3 is 0 Å². The van der Waals surface area contributed by atoms with Crippen LogP contribution in [0.4, 0.5) is 0 Å². The Morgan fingerprint density at radius 2 is 1.13 bits per heavy atom. The Kier molecular flexibility index (Phi) is 4.52. The van der Waals surface area contributed by atoms with Gasteiger partial charge in [0.25, 0.3) is 0 Å². The standard InChI is InChI=1S/C35H23N3/c1-2-9-23(10-3-1)30-14-8-15-31(36-30)24-17-19-25(20-18-24)38-34-16-7-5-12-27(34)29-21-28-26-11-4-6-13-32(26)37-33(28)22-35(29)38/h1-22,37H. The number of aromatic amines is 1. The number of pyridine rings is 1. The fourth-order valence-electron chi connectivity index (χ4n) is 5.74. The molecule has 8 rings (SSSR count). The monoisotopic (exact) mass is 485 g/mol. The second-order valence-electron chi connectivity index (χ2n) is 9.76. The van der Waals surface area contributed by atoms with Gasteiger partial charge in [0.15, 0.2) is 0 Å². The molecule has 0 saturated heterocycles. The molecule has 38 heavy (non-hydrogen) atoms. The zero-order valence-corrected chi connectivity index (χ0v) is 20.6. The molecular weight excluding hydrogens is 462 g/mol. The largest absolute Gasteiger partial charge is 0.354 e. The first-order chi connectivity index (χ1) is 18.8. The van der Waals surface area contributed by atoms with E-state index in [0.717, 1.165) is 33.7 Å². The van der Waals surface area contributed by atoms with Crippen molar-refractivity contribution in [2.24, 2.45) is 0 Å². The van der Waals surface area contributed by atoms with E-state index in [9.17, 15) is 0 Å². The Morgan fingerprint density at radius 3 is 1.95 bits per heavy atom. The summed E-state index contributed by atoms with van der Waals surface area (Å²) in [5.74, 6) is 0. The summed E-state index contributed by atoms with van der Waals surface area (Å²) >= 11 is 0. The molecule has 3 heteroatoms. The van der Waals surface area contributed by atoms with Gasteiger partial charge in [0.1, 0.15) is 0 Å². The third kappa shape index (κ3) is 3.19. The van der Waals surface area contributed by atoms with Crippen LogP contribution in [0, 0.1) is 0 Å². The van der Waals surface area contributed by atoms with E-state index in [1.807, 2.05) is 18.2 Å². The molecule has 0 aliphatic rings. The van der Waals surface area contributed by atoms with Gasteiger partial charge < -0.3 is 9.55 Å². The zero-order valence-electron chi connectivity index (χ0n) is 20.6. The molecule has 3 heterocycles. The molecule has 0 aliphatic heterocycles.